The summed E-state index contributed by atoms with van der Waals surface area (Å²) in [5, 5.41) is 17.1. The molecule has 20 aromatic carbocycles. The molecular formula is C108H70N2S. The zero-order valence-electron chi connectivity index (χ0n) is 60.7. The van der Waals surface area contributed by atoms with Crippen molar-refractivity contribution in [1.29, 1.82) is 0 Å². The van der Waals surface area contributed by atoms with E-state index in [2.05, 4.69) is 434 Å². The van der Waals surface area contributed by atoms with Crippen LogP contribution in [0.5, 0.6) is 0 Å². The monoisotopic (exact) mass is 1430 g/mol. The van der Waals surface area contributed by atoms with Gasteiger partial charge in [0.2, 0.25) is 0 Å². The molecule has 2 nitrogen and oxygen atoms in total. The molecule has 0 unspecified atom stereocenters. The van der Waals surface area contributed by atoms with Crippen LogP contribution in [0.2, 0.25) is 0 Å². The molecule has 0 amide bonds. The molecule has 0 fully saturated rings. The Morgan fingerprint density at radius 3 is 1.08 bits per heavy atom. The highest BCUT2D eigenvalue weighted by molar-refractivity contribution is 7.26. The minimum atomic E-state index is 1.05. The maximum atomic E-state index is 2.53. The van der Waals surface area contributed by atoms with Gasteiger partial charge < -0.3 is 9.80 Å². The highest BCUT2D eigenvalue weighted by atomic mass is 32.1. The molecule has 1 heterocycles. The fourth-order valence-electron chi connectivity index (χ4n) is 17.4. The third-order valence-corrected chi connectivity index (χ3v) is 23.8. The van der Waals surface area contributed by atoms with Crippen LogP contribution in [0.25, 0.3) is 174 Å². The van der Waals surface area contributed by atoms with Crippen LogP contribution >= 0.6 is 11.3 Å². The van der Waals surface area contributed by atoms with Crippen LogP contribution in [0.1, 0.15) is 0 Å². The van der Waals surface area contributed by atoms with Crippen molar-refractivity contribution in [2.24, 2.45) is 0 Å². The van der Waals surface area contributed by atoms with Crippen LogP contribution < -0.4 is 9.80 Å². The van der Waals surface area contributed by atoms with E-state index in [1.54, 1.807) is 0 Å². The summed E-state index contributed by atoms with van der Waals surface area (Å²) in [5.74, 6) is 0. The molecule has 0 saturated heterocycles. The van der Waals surface area contributed by atoms with Gasteiger partial charge in [0.15, 0.2) is 0 Å². The molecule has 0 aliphatic heterocycles. The molecule has 21 aromatic rings. The summed E-state index contributed by atoms with van der Waals surface area (Å²) >= 11 is 1.88. The molecule has 0 spiro atoms. The second kappa shape index (κ2) is 27.5. The summed E-state index contributed by atoms with van der Waals surface area (Å²) in [6.07, 6.45) is 0. The van der Waals surface area contributed by atoms with Gasteiger partial charge in [-0.05, 0) is 210 Å². The van der Waals surface area contributed by atoms with E-state index in [0.717, 1.165) is 89.8 Å². The smallest absolute Gasteiger partial charge is 0.0540 e. The molecule has 3 heteroatoms. The Morgan fingerprint density at radius 2 is 0.514 bits per heavy atom. The standard InChI is InChI=1S/C108H70N2S/c1-2-27-71(28-3-1)80-65-81(67-83(66-80)110(104-51-20-15-42-95(104)90-48-25-33-75-30-5-8-35-85(75)90)106-53-22-17-44-97(106)101-69-78-31-6-9-36-86(78)88-37-10-12-39-92(88)101)73-57-55-72(56-58-73)77-59-60-79-70-102(93-40-13-11-38-91(93)100(79)68-77)96-43-16-21-52-105(96)109(103-50-19-14-41-94(103)89-47-24-32-74-29-4-7-34-84(74)89)82-63-61-76(62-64-82)87-46-26-49-99-98-45-18-23-54-107(98)111-108(87)99/h1-70H. The lowest BCUT2D eigenvalue weighted by atomic mass is 9.90. The lowest BCUT2D eigenvalue weighted by Gasteiger charge is -2.31. The number of hydrogen-bond acceptors (Lipinski definition) is 3. The molecule has 0 radical (unpaired) electrons. The van der Waals surface area contributed by atoms with Gasteiger partial charge in [-0.1, -0.05) is 346 Å². The highest BCUT2D eigenvalue weighted by Crippen LogP contribution is 2.52. The van der Waals surface area contributed by atoms with E-state index in [0.29, 0.717) is 0 Å². The van der Waals surface area contributed by atoms with Crippen molar-refractivity contribution in [2.75, 3.05) is 9.80 Å². The van der Waals surface area contributed by atoms with Crippen molar-refractivity contribution in [2.45, 2.75) is 0 Å². The van der Waals surface area contributed by atoms with Gasteiger partial charge >= 0.3 is 0 Å². The van der Waals surface area contributed by atoms with Crippen molar-refractivity contribution in [3.8, 4) is 89.0 Å². The first kappa shape index (κ1) is 65.1. The quantitative estimate of drug-likeness (QED) is 0.100. The molecule has 21 rings (SSSR count). The normalized spacial score (nSPS) is 11.6. The third-order valence-electron chi connectivity index (χ3n) is 22.6. The van der Waals surface area contributed by atoms with Crippen LogP contribution in [-0.4, -0.2) is 0 Å². The second-order valence-corrected chi connectivity index (χ2v) is 30.0. The molecule has 0 aliphatic rings. The van der Waals surface area contributed by atoms with Gasteiger partial charge in [-0.2, -0.15) is 0 Å². The van der Waals surface area contributed by atoms with Crippen molar-refractivity contribution in [3.63, 3.8) is 0 Å². The van der Waals surface area contributed by atoms with E-state index in [4.69, 9.17) is 0 Å². The zero-order chi connectivity index (χ0) is 73.3. The van der Waals surface area contributed by atoms with Gasteiger partial charge in [0.1, 0.15) is 0 Å². The molecule has 0 saturated carbocycles. The third kappa shape index (κ3) is 11.5. The summed E-state index contributed by atoms with van der Waals surface area (Å²) in [7, 11) is 0. The molecule has 0 atom stereocenters. The minimum absolute atomic E-state index is 1.05. The van der Waals surface area contributed by atoms with Crippen molar-refractivity contribution in [3.05, 3.63) is 425 Å². The van der Waals surface area contributed by atoms with Crippen LogP contribution in [0.4, 0.5) is 34.1 Å². The van der Waals surface area contributed by atoms with E-state index in [1.165, 1.54) is 118 Å². The Labute approximate surface area is 649 Å². The Kier molecular flexibility index (Phi) is 16.1. The first-order valence-corrected chi connectivity index (χ1v) is 39.0. The lowest BCUT2D eigenvalue weighted by Crippen LogP contribution is -2.13. The summed E-state index contributed by atoms with van der Waals surface area (Å²) in [6, 6.07) is 158. The second-order valence-electron chi connectivity index (χ2n) is 28.9. The Hall–Kier alpha value is -14.2. The van der Waals surface area contributed by atoms with Gasteiger partial charge in [-0.15, -0.1) is 11.3 Å². The first-order valence-electron chi connectivity index (χ1n) is 38.2. The molecule has 111 heavy (non-hydrogen) atoms. The Morgan fingerprint density at radius 1 is 0.153 bits per heavy atom. The average molecular weight is 1430 g/mol. The number of thiophene rings is 1. The zero-order valence-corrected chi connectivity index (χ0v) is 61.5. The molecular weight excluding hydrogens is 1360 g/mol. The van der Waals surface area contributed by atoms with Crippen LogP contribution in [0.15, 0.2) is 425 Å². The van der Waals surface area contributed by atoms with Crippen molar-refractivity contribution in [1.82, 2.24) is 0 Å². The lowest BCUT2D eigenvalue weighted by molar-refractivity contribution is 1.29. The van der Waals surface area contributed by atoms with Gasteiger partial charge in [-0.3, -0.25) is 0 Å². The average Bonchev–Trinajstić information content (AvgIpc) is 1.53. The van der Waals surface area contributed by atoms with Crippen LogP contribution in [0, 0.1) is 0 Å². The summed E-state index contributed by atoms with van der Waals surface area (Å²) in [5.41, 5.74) is 25.0. The number of fused-ring (bicyclic) bond motifs is 11. The number of anilines is 6. The highest BCUT2D eigenvalue weighted by Gasteiger charge is 2.27. The number of hydrogen-bond donors (Lipinski definition) is 0. The predicted octanol–water partition coefficient (Wildman–Crippen LogP) is 31.2. The van der Waals surface area contributed by atoms with Gasteiger partial charge in [0.25, 0.3) is 0 Å². The largest absolute Gasteiger partial charge is 0.309 e. The maximum absolute atomic E-state index is 2.53. The van der Waals surface area contributed by atoms with E-state index in [-0.39, 0.29) is 0 Å². The molecule has 1 aromatic heterocycles. The van der Waals surface area contributed by atoms with Crippen LogP contribution in [0.3, 0.4) is 0 Å². The predicted molar refractivity (Wildman–Crippen MR) is 477 cm³/mol. The fraction of sp³-hybridized carbons (Fsp3) is 0. The van der Waals surface area contributed by atoms with E-state index >= 15 is 0 Å². The fourth-order valence-corrected chi connectivity index (χ4v) is 18.7. The first-order chi connectivity index (χ1) is 55.1. The van der Waals surface area contributed by atoms with E-state index in [9.17, 15) is 0 Å². The van der Waals surface area contributed by atoms with E-state index < -0.39 is 0 Å². The van der Waals surface area contributed by atoms with Gasteiger partial charge in [0.05, 0.1) is 22.7 Å². The summed E-state index contributed by atoms with van der Waals surface area (Å²) in [6.45, 7) is 0. The van der Waals surface area contributed by atoms with Crippen LogP contribution in [-0.2, 0) is 0 Å². The Bertz CT molecular complexity index is 7200. The molecule has 0 aliphatic carbocycles. The summed E-state index contributed by atoms with van der Waals surface area (Å²) in [4.78, 5) is 5.02. The molecule has 0 bridgehead atoms. The van der Waals surface area contributed by atoms with Crippen molar-refractivity contribution >= 4 is 130 Å². The minimum Gasteiger partial charge on any atom is -0.309 e. The van der Waals surface area contributed by atoms with Gasteiger partial charge in [-0.25, -0.2) is 0 Å². The summed E-state index contributed by atoms with van der Waals surface area (Å²) < 4.78 is 2.61. The molecule has 0 N–H and O–H groups in total. The van der Waals surface area contributed by atoms with E-state index in [1.807, 2.05) is 11.3 Å². The SMILES string of the molecule is c1ccc(-c2cc(-c3ccc(-c4ccc5cc(-c6ccccc6N(c6ccc(-c7cccc8c7sc7ccccc78)cc6)c6ccccc6-c6cccc7ccccc67)c6ccccc6c5c4)cc3)cc(N(c3ccccc3-c3cccc4ccccc34)c3ccccc3-c3cc4ccccc4c4ccccc34)c2)cc1. The topological polar surface area (TPSA) is 6.48 Å². The van der Waals surface area contributed by atoms with Crippen molar-refractivity contribution < 1.29 is 0 Å². The van der Waals surface area contributed by atoms with Gasteiger partial charge in [0, 0.05) is 53.8 Å². The maximum Gasteiger partial charge on any atom is 0.0540 e. The number of rotatable bonds is 14. The number of nitrogens with zero attached hydrogens (tertiary/aromatic N) is 2. The number of para-hydroxylation sites is 4. The molecule has 518 valence electrons. The Balaban J connectivity index is 0.688. The number of benzene rings is 20.